The lowest BCUT2D eigenvalue weighted by atomic mass is 10.2. The number of carbonyl (C=O) groups is 1. The van der Waals surface area contributed by atoms with Crippen molar-refractivity contribution >= 4 is 17.7 Å². The van der Waals surface area contributed by atoms with Crippen LogP contribution in [0.1, 0.15) is 5.56 Å². The summed E-state index contributed by atoms with van der Waals surface area (Å²) in [6.45, 7) is 0.740. The van der Waals surface area contributed by atoms with Gasteiger partial charge in [-0.25, -0.2) is 0 Å². The van der Waals surface area contributed by atoms with E-state index in [-0.39, 0.29) is 6.54 Å². The summed E-state index contributed by atoms with van der Waals surface area (Å²) >= 11 is 1.69. The van der Waals surface area contributed by atoms with E-state index in [0.29, 0.717) is 6.54 Å². The van der Waals surface area contributed by atoms with E-state index in [0.717, 1.165) is 5.56 Å². The minimum Gasteiger partial charge on any atom is -0.480 e. The highest BCUT2D eigenvalue weighted by Crippen LogP contribution is 2.16. The standard InChI is InChI=1S/C11H15NO2S/c1-12(8-11(13)14)7-9-4-3-5-10(6-9)15-2/h3-6H,7-8H2,1-2H3,(H,13,14). The number of hydrogen-bond acceptors (Lipinski definition) is 3. The second-order valence-electron chi connectivity index (χ2n) is 3.42. The minimum absolute atomic E-state index is 0.0729. The van der Waals surface area contributed by atoms with Crippen LogP contribution in [0.4, 0.5) is 0 Å². The lowest BCUT2D eigenvalue weighted by Gasteiger charge is -2.14. The Balaban J connectivity index is 2.59. The van der Waals surface area contributed by atoms with Gasteiger partial charge in [0.25, 0.3) is 0 Å². The molecule has 1 N–H and O–H groups in total. The molecule has 3 nitrogen and oxygen atoms in total. The molecule has 1 rings (SSSR count). The summed E-state index contributed by atoms with van der Waals surface area (Å²) in [6.07, 6.45) is 2.03. The zero-order valence-electron chi connectivity index (χ0n) is 8.93. The molecule has 0 aliphatic heterocycles. The molecule has 0 aliphatic carbocycles. The second-order valence-corrected chi connectivity index (χ2v) is 4.30. The van der Waals surface area contributed by atoms with Crippen LogP contribution >= 0.6 is 11.8 Å². The van der Waals surface area contributed by atoms with Crippen LogP contribution in [-0.4, -0.2) is 35.8 Å². The lowest BCUT2D eigenvalue weighted by Crippen LogP contribution is -2.25. The first-order valence-corrected chi connectivity index (χ1v) is 5.87. The highest BCUT2D eigenvalue weighted by Gasteiger charge is 2.05. The van der Waals surface area contributed by atoms with E-state index >= 15 is 0 Å². The van der Waals surface area contributed by atoms with Gasteiger partial charge < -0.3 is 5.11 Å². The Kier molecular flexibility index (Phi) is 4.65. The largest absolute Gasteiger partial charge is 0.480 e. The number of likely N-dealkylation sites (N-methyl/N-ethyl adjacent to an activating group) is 1. The van der Waals surface area contributed by atoms with E-state index in [4.69, 9.17) is 5.11 Å². The lowest BCUT2D eigenvalue weighted by molar-refractivity contribution is -0.138. The predicted octanol–water partition coefficient (Wildman–Crippen LogP) is 1.92. The SMILES string of the molecule is CSc1cccc(CN(C)CC(=O)O)c1. The van der Waals surface area contributed by atoms with Crippen LogP contribution in [-0.2, 0) is 11.3 Å². The van der Waals surface area contributed by atoms with E-state index in [1.54, 1.807) is 23.7 Å². The van der Waals surface area contributed by atoms with E-state index in [9.17, 15) is 4.79 Å². The molecule has 0 saturated carbocycles. The molecule has 0 saturated heterocycles. The molecule has 15 heavy (non-hydrogen) atoms. The summed E-state index contributed by atoms with van der Waals surface area (Å²) in [6, 6.07) is 8.14. The van der Waals surface area contributed by atoms with Gasteiger partial charge in [0.2, 0.25) is 0 Å². The number of benzene rings is 1. The summed E-state index contributed by atoms with van der Waals surface area (Å²) in [7, 11) is 1.81. The fourth-order valence-corrected chi connectivity index (χ4v) is 1.85. The van der Waals surface area contributed by atoms with Gasteiger partial charge in [0, 0.05) is 11.4 Å². The molecule has 0 unspecified atom stereocenters. The molecule has 0 radical (unpaired) electrons. The van der Waals surface area contributed by atoms with Crippen LogP contribution in [0.5, 0.6) is 0 Å². The quantitative estimate of drug-likeness (QED) is 0.777. The van der Waals surface area contributed by atoms with Crippen molar-refractivity contribution < 1.29 is 9.90 Å². The van der Waals surface area contributed by atoms with Gasteiger partial charge in [-0.2, -0.15) is 0 Å². The molecule has 0 amide bonds. The molecule has 4 heteroatoms. The van der Waals surface area contributed by atoms with E-state index in [1.165, 1.54) is 4.90 Å². The maximum Gasteiger partial charge on any atom is 0.317 e. The van der Waals surface area contributed by atoms with E-state index < -0.39 is 5.97 Å². The number of thioether (sulfide) groups is 1. The fourth-order valence-electron chi connectivity index (χ4n) is 1.37. The first kappa shape index (κ1) is 12.1. The number of hydrogen-bond donors (Lipinski definition) is 1. The van der Waals surface area contributed by atoms with Crippen molar-refractivity contribution in [1.82, 2.24) is 4.90 Å². The second kappa shape index (κ2) is 5.78. The molecule has 0 aromatic heterocycles. The maximum atomic E-state index is 10.5. The van der Waals surface area contributed by atoms with Crippen molar-refractivity contribution in [2.24, 2.45) is 0 Å². The topological polar surface area (TPSA) is 40.5 Å². The van der Waals surface area contributed by atoms with Crippen LogP contribution in [0, 0.1) is 0 Å². The Bertz CT molecular complexity index is 341. The Morgan fingerprint density at radius 3 is 2.87 bits per heavy atom. The molecule has 1 aromatic carbocycles. The predicted molar refractivity (Wildman–Crippen MR) is 62.2 cm³/mol. The Morgan fingerprint density at radius 1 is 1.53 bits per heavy atom. The fraction of sp³-hybridized carbons (Fsp3) is 0.364. The molecular weight excluding hydrogens is 210 g/mol. The molecule has 0 fully saturated rings. The number of carboxylic acids is 1. The number of rotatable bonds is 5. The number of aliphatic carboxylic acids is 1. The van der Waals surface area contributed by atoms with Crippen molar-refractivity contribution in [3.8, 4) is 0 Å². The third-order valence-corrected chi connectivity index (χ3v) is 2.72. The summed E-state index contributed by atoms with van der Waals surface area (Å²) < 4.78 is 0. The first-order valence-electron chi connectivity index (χ1n) is 4.65. The Labute approximate surface area is 94.1 Å². The molecule has 0 atom stereocenters. The van der Waals surface area contributed by atoms with Gasteiger partial charge in [-0.05, 0) is 31.0 Å². The van der Waals surface area contributed by atoms with Crippen molar-refractivity contribution in [3.05, 3.63) is 29.8 Å². The number of nitrogens with zero attached hydrogens (tertiary/aromatic N) is 1. The molecule has 0 spiro atoms. The highest BCUT2D eigenvalue weighted by molar-refractivity contribution is 7.98. The molecule has 82 valence electrons. The van der Waals surface area contributed by atoms with Gasteiger partial charge in [0.05, 0.1) is 6.54 Å². The third kappa shape index (κ3) is 4.36. The van der Waals surface area contributed by atoms with Gasteiger partial charge in [-0.3, -0.25) is 9.69 Å². The average molecular weight is 225 g/mol. The average Bonchev–Trinajstić information content (AvgIpc) is 2.16. The summed E-state index contributed by atoms with van der Waals surface area (Å²) in [5.74, 6) is -0.793. The molecule has 1 aromatic rings. The van der Waals surface area contributed by atoms with E-state index in [1.807, 2.05) is 24.5 Å². The Morgan fingerprint density at radius 2 is 2.27 bits per heavy atom. The normalized spacial score (nSPS) is 10.6. The van der Waals surface area contributed by atoms with E-state index in [2.05, 4.69) is 6.07 Å². The van der Waals surface area contributed by atoms with Gasteiger partial charge >= 0.3 is 5.97 Å². The first-order chi connectivity index (χ1) is 7.11. The Hall–Kier alpha value is -1.00. The molecule has 0 heterocycles. The van der Waals surface area contributed by atoms with Crippen LogP contribution in [0.25, 0.3) is 0 Å². The number of carboxylic acid groups (broad SMARTS) is 1. The van der Waals surface area contributed by atoms with Crippen LogP contribution in [0.3, 0.4) is 0 Å². The van der Waals surface area contributed by atoms with Gasteiger partial charge in [-0.15, -0.1) is 11.8 Å². The molecule has 0 bridgehead atoms. The van der Waals surface area contributed by atoms with Gasteiger partial charge in [0.1, 0.15) is 0 Å². The van der Waals surface area contributed by atoms with Crippen molar-refractivity contribution in [1.29, 1.82) is 0 Å². The third-order valence-electron chi connectivity index (χ3n) is 1.99. The van der Waals surface area contributed by atoms with Crippen molar-refractivity contribution in [3.63, 3.8) is 0 Å². The van der Waals surface area contributed by atoms with Crippen molar-refractivity contribution in [2.45, 2.75) is 11.4 Å². The molecule has 0 aliphatic rings. The zero-order chi connectivity index (χ0) is 11.3. The summed E-state index contributed by atoms with van der Waals surface area (Å²) in [5.41, 5.74) is 1.14. The minimum atomic E-state index is -0.793. The molecular formula is C11H15NO2S. The monoisotopic (exact) mass is 225 g/mol. The van der Waals surface area contributed by atoms with Gasteiger partial charge in [0.15, 0.2) is 0 Å². The van der Waals surface area contributed by atoms with Crippen LogP contribution in [0.2, 0.25) is 0 Å². The smallest absolute Gasteiger partial charge is 0.317 e. The highest BCUT2D eigenvalue weighted by atomic mass is 32.2. The van der Waals surface area contributed by atoms with Gasteiger partial charge in [-0.1, -0.05) is 12.1 Å². The summed E-state index contributed by atoms with van der Waals surface area (Å²) in [5, 5.41) is 8.62. The van der Waals surface area contributed by atoms with Crippen LogP contribution < -0.4 is 0 Å². The maximum absolute atomic E-state index is 10.5. The van der Waals surface area contributed by atoms with Crippen molar-refractivity contribution in [2.75, 3.05) is 19.8 Å². The zero-order valence-corrected chi connectivity index (χ0v) is 9.75. The van der Waals surface area contributed by atoms with Crippen LogP contribution in [0.15, 0.2) is 29.2 Å². The summed E-state index contributed by atoms with van der Waals surface area (Å²) in [4.78, 5) is 13.5.